The van der Waals surface area contributed by atoms with E-state index >= 15 is 0 Å². The lowest BCUT2D eigenvalue weighted by Crippen LogP contribution is -2.36. The molecular weight excluding hydrogens is 367 g/mol. The molecule has 25 heavy (non-hydrogen) atoms. The molecule has 0 unspecified atom stereocenters. The Labute approximate surface area is 158 Å². The van der Waals surface area contributed by atoms with Gasteiger partial charge in [-0.1, -0.05) is 37.0 Å². The smallest absolute Gasteiger partial charge is 0.344 e. The molecule has 1 amide bonds. The molecule has 0 aliphatic heterocycles. The third kappa shape index (κ3) is 5.83. The minimum atomic E-state index is -0.708. The van der Waals surface area contributed by atoms with Crippen molar-refractivity contribution in [1.29, 1.82) is 0 Å². The van der Waals surface area contributed by atoms with Gasteiger partial charge in [0.2, 0.25) is 6.41 Å². The first-order valence-electron chi connectivity index (χ1n) is 7.99. The highest BCUT2D eigenvalue weighted by Crippen LogP contribution is 2.32. The van der Waals surface area contributed by atoms with Gasteiger partial charge in [-0.15, -0.1) is 0 Å². The van der Waals surface area contributed by atoms with Crippen LogP contribution in [0, 0.1) is 0 Å². The van der Waals surface area contributed by atoms with Crippen LogP contribution in [-0.4, -0.2) is 28.6 Å². The number of rotatable bonds is 8. The normalized spacial score (nSPS) is 12.0. The quantitative estimate of drug-likeness (QED) is 0.275. The number of halogens is 2. The summed E-state index contributed by atoms with van der Waals surface area (Å²) in [7, 11) is 0. The molecule has 0 aliphatic carbocycles. The minimum Gasteiger partial charge on any atom is -0.456 e. The summed E-state index contributed by atoms with van der Waals surface area (Å²) < 4.78 is 5.48. The van der Waals surface area contributed by atoms with Crippen molar-refractivity contribution in [2.75, 3.05) is 5.06 Å². The zero-order valence-electron chi connectivity index (χ0n) is 15.4. The van der Waals surface area contributed by atoms with Crippen molar-refractivity contribution in [3.63, 3.8) is 0 Å². The maximum Gasteiger partial charge on any atom is 0.344 e. The molecule has 1 heterocycles. The molecule has 0 saturated heterocycles. The molecule has 0 saturated carbocycles. The number of carbonyl (C=O) groups is 2. The van der Waals surface area contributed by atoms with Gasteiger partial charge < -0.3 is 4.74 Å². The molecule has 0 radical (unpaired) electrons. The fraction of sp³-hybridized carbons (Fsp3) is 0.588. The average molecular weight is 391 g/mol. The van der Waals surface area contributed by atoms with Crippen molar-refractivity contribution < 1.29 is 19.2 Å². The number of aromatic nitrogens is 1. The van der Waals surface area contributed by atoms with Crippen LogP contribution < -0.4 is 5.06 Å². The maximum atomic E-state index is 12.6. The van der Waals surface area contributed by atoms with Gasteiger partial charge in [-0.05, 0) is 40.5 Å². The summed E-state index contributed by atoms with van der Waals surface area (Å²) in [5.74, 6) is -0.708. The van der Waals surface area contributed by atoms with Gasteiger partial charge in [0.15, 0.2) is 0 Å². The number of anilines is 1. The lowest BCUT2D eigenvalue weighted by Gasteiger charge is -2.30. The molecule has 0 aliphatic rings. The number of hydrogen-bond donors (Lipinski definition) is 0. The first kappa shape index (κ1) is 21.7. The average Bonchev–Trinajstić information content (AvgIpc) is 2.51. The van der Waals surface area contributed by atoms with Crippen LogP contribution >= 0.6 is 23.2 Å². The molecule has 6 nitrogen and oxygen atoms in total. The second kappa shape index (κ2) is 8.34. The van der Waals surface area contributed by atoms with Gasteiger partial charge in [0.1, 0.15) is 21.5 Å². The molecule has 1 aromatic rings. The van der Waals surface area contributed by atoms with Crippen LogP contribution in [0.3, 0.4) is 0 Å². The second-order valence-electron chi connectivity index (χ2n) is 6.77. The molecule has 8 heteroatoms. The van der Waals surface area contributed by atoms with Crippen LogP contribution in [0.1, 0.15) is 64.7 Å². The van der Waals surface area contributed by atoms with Crippen LogP contribution in [0.2, 0.25) is 10.3 Å². The van der Waals surface area contributed by atoms with Crippen molar-refractivity contribution in [3.05, 3.63) is 21.9 Å². The van der Waals surface area contributed by atoms with Crippen LogP contribution in [0.15, 0.2) is 6.07 Å². The minimum absolute atomic E-state index is 0.0241. The Balaban J connectivity index is 3.39. The molecule has 0 atom stereocenters. The summed E-state index contributed by atoms with van der Waals surface area (Å²) in [5, 5.41) is 0.790. The SMILES string of the molecule is CCC(C)(C)OC(=O)c1c(N(C=O)OC(C)(C)CC)cc(Cl)nc1Cl. The summed E-state index contributed by atoms with van der Waals surface area (Å²) >= 11 is 12.1. The van der Waals surface area contributed by atoms with E-state index in [9.17, 15) is 9.59 Å². The Bertz CT molecular complexity index is 648. The lowest BCUT2D eigenvalue weighted by atomic mass is 10.1. The van der Waals surface area contributed by atoms with E-state index in [1.54, 1.807) is 13.8 Å². The molecule has 0 spiro atoms. The van der Waals surface area contributed by atoms with Gasteiger partial charge in [0.25, 0.3) is 0 Å². The number of esters is 1. The van der Waals surface area contributed by atoms with Crippen molar-refractivity contribution in [3.8, 4) is 0 Å². The van der Waals surface area contributed by atoms with Gasteiger partial charge in [0.05, 0.1) is 11.3 Å². The van der Waals surface area contributed by atoms with Crippen LogP contribution in [0.25, 0.3) is 0 Å². The summed E-state index contributed by atoms with van der Waals surface area (Å²) in [4.78, 5) is 33.8. The first-order chi connectivity index (χ1) is 11.5. The predicted octanol–water partition coefficient (Wildman–Crippen LogP) is 4.82. The number of carbonyl (C=O) groups excluding carboxylic acids is 2. The number of nitrogens with zero attached hydrogens (tertiary/aromatic N) is 2. The highest BCUT2D eigenvalue weighted by atomic mass is 35.5. The molecular formula is C17H24Cl2N2O4. The van der Waals surface area contributed by atoms with Gasteiger partial charge in [-0.3, -0.25) is 9.63 Å². The zero-order valence-corrected chi connectivity index (χ0v) is 16.9. The lowest BCUT2D eigenvalue weighted by molar-refractivity contribution is -0.121. The Morgan fingerprint density at radius 3 is 2.24 bits per heavy atom. The zero-order chi connectivity index (χ0) is 19.4. The van der Waals surface area contributed by atoms with Crippen molar-refractivity contribution >= 4 is 41.3 Å². The van der Waals surface area contributed by atoms with E-state index in [-0.39, 0.29) is 21.6 Å². The summed E-state index contributed by atoms with van der Waals surface area (Å²) in [5.41, 5.74) is -1.34. The third-order valence-electron chi connectivity index (χ3n) is 3.88. The Morgan fingerprint density at radius 2 is 1.76 bits per heavy atom. The standard InChI is InChI=1S/C17H24Cl2N2O4/c1-7-16(3,4)24-15(23)13-11(9-12(18)20-14(13)19)21(10-22)25-17(5,6)8-2/h9-10H,7-8H2,1-6H3. The molecule has 0 N–H and O–H groups in total. The van der Waals surface area contributed by atoms with Crippen LogP contribution in [-0.2, 0) is 14.4 Å². The van der Waals surface area contributed by atoms with Gasteiger partial charge in [-0.25, -0.2) is 9.78 Å². The summed E-state index contributed by atoms with van der Waals surface area (Å²) in [6.45, 7) is 11.0. The topological polar surface area (TPSA) is 68.7 Å². The van der Waals surface area contributed by atoms with E-state index in [0.717, 1.165) is 5.06 Å². The van der Waals surface area contributed by atoms with Gasteiger partial charge >= 0.3 is 5.97 Å². The summed E-state index contributed by atoms with van der Waals surface area (Å²) in [6, 6.07) is 1.34. The number of ether oxygens (including phenoxy) is 1. The van der Waals surface area contributed by atoms with Crippen molar-refractivity contribution in [2.45, 2.75) is 65.6 Å². The fourth-order valence-corrected chi connectivity index (χ4v) is 2.16. The van der Waals surface area contributed by atoms with E-state index in [1.165, 1.54) is 6.07 Å². The van der Waals surface area contributed by atoms with E-state index < -0.39 is 17.2 Å². The Hall–Kier alpha value is -1.37. The van der Waals surface area contributed by atoms with E-state index in [4.69, 9.17) is 32.8 Å². The molecule has 1 rings (SSSR count). The maximum absolute atomic E-state index is 12.6. The summed E-state index contributed by atoms with van der Waals surface area (Å²) in [6.07, 6.45) is 1.68. The molecule has 0 bridgehead atoms. The van der Waals surface area contributed by atoms with Crippen molar-refractivity contribution in [1.82, 2.24) is 4.98 Å². The van der Waals surface area contributed by atoms with E-state index in [2.05, 4.69) is 4.98 Å². The Kier molecular flexibility index (Phi) is 7.23. The third-order valence-corrected chi connectivity index (χ3v) is 4.34. The number of amides is 1. The van der Waals surface area contributed by atoms with Crippen LogP contribution in [0.4, 0.5) is 5.69 Å². The molecule has 0 fully saturated rings. The van der Waals surface area contributed by atoms with E-state index in [0.29, 0.717) is 19.3 Å². The monoisotopic (exact) mass is 390 g/mol. The largest absolute Gasteiger partial charge is 0.456 e. The van der Waals surface area contributed by atoms with Gasteiger partial charge in [0, 0.05) is 6.07 Å². The fourth-order valence-electron chi connectivity index (χ4n) is 1.67. The Morgan fingerprint density at radius 1 is 1.20 bits per heavy atom. The first-order valence-corrected chi connectivity index (χ1v) is 8.75. The highest BCUT2D eigenvalue weighted by molar-refractivity contribution is 6.35. The highest BCUT2D eigenvalue weighted by Gasteiger charge is 2.30. The van der Waals surface area contributed by atoms with Crippen LogP contribution in [0.5, 0.6) is 0 Å². The second-order valence-corrected chi connectivity index (χ2v) is 7.51. The molecule has 0 aromatic carbocycles. The number of hydrogen-bond acceptors (Lipinski definition) is 5. The number of pyridine rings is 1. The molecule has 140 valence electrons. The molecule has 1 aromatic heterocycles. The predicted molar refractivity (Wildman–Crippen MR) is 98.0 cm³/mol. The van der Waals surface area contributed by atoms with Crippen molar-refractivity contribution in [2.24, 2.45) is 0 Å². The van der Waals surface area contributed by atoms with Gasteiger partial charge in [-0.2, -0.15) is 5.06 Å². The van der Waals surface area contributed by atoms with E-state index in [1.807, 2.05) is 27.7 Å². The number of hydroxylamine groups is 1.